The molecule has 9 heteroatoms. The van der Waals surface area contributed by atoms with Crippen molar-refractivity contribution in [2.75, 3.05) is 14.2 Å². The quantitative estimate of drug-likeness (QED) is 0.712. The van der Waals surface area contributed by atoms with Crippen LogP contribution in [-0.4, -0.2) is 28.6 Å². The Morgan fingerprint density at radius 3 is 2.38 bits per heavy atom. The number of hydrogen-bond acceptors (Lipinski definition) is 4. The van der Waals surface area contributed by atoms with Gasteiger partial charge in [0.05, 0.1) is 32.5 Å². The van der Waals surface area contributed by atoms with Crippen LogP contribution in [-0.2, 0) is 19.8 Å². The van der Waals surface area contributed by atoms with Crippen LogP contribution in [0.15, 0.2) is 35.3 Å². The summed E-state index contributed by atoms with van der Waals surface area (Å²) in [6, 6.07) is 6.12. The number of nitrogens with zero attached hydrogens (tertiary/aromatic N) is 3. The van der Waals surface area contributed by atoms with Crippen LogP contribution in [0.4, 0.5) is 13.2 Å². The number of ether oxygens (including phenoxy) is 2. The zero-order valence-electron chi connectivity index (χ0n) is 14.3. The second kappa shape index (κ2) is 6.40. The molecule has 0 saturated carbocycles. The van der Waals surface area contributed by atoms with Crippen molar-refractivity contribution in [3.05, 3.63) is 52.1 Å². The van der Waals surface area contributed by atoms with Crippen LogP contribution < -0.4 is 15.0 Å². The lowest BCUT2D eigenvalue weighted by molar-refractivity contribution is -0.144. The van der Waals surface area contributed by atoms with E-state index in [9.17, 15) is 18.0 Å². The minimum Gasteiger partial charge on any atom is -0.493 e. The number of rotatable bonds is 4. The van der Waals surface area contributed by atoms with E-state index in [1.54, 1.807) is 18.2 Å². The van der Waals surface area contributed by atoms with Gasteiger partial charge in [0.25, 0.3) is 5.56 Å². The van der Waals surface area contributed by atoms with Crippen molar-refractivity contribution in [3.63, 3.8) is 0 Å². The number of pyridine rings is 1. The third-order valence-electron chi connectivity index (χ3n) is 4.11. The van der Waals surface area contributed by atoms with Crippen molar-refractivity contribution >= 4 is 10.9 Å². The molecule has 0 saturated heterocycles. The molecular formula is C17H16F3N3O3. The Bertz CT molecular complexity index is 1020. The molecule has 6 nitrogen and oxygen atoms in total. The zero-order valence-corrected chi connectivity index (χ0v) is 14.3. The predicted molar refractivity (Wildman–Crippen MR) is 88.6 cm³/mol. The molecule has 0 N–H and O–H groups in total. The molecule has 26 heavy (non-hydrogen) atoms. The molecule has 0 spiro atoms. The fourth-order valence-electron chi connectivity index (χ4n) is 2.92. The summed E-state index contributed by atoms with van der Waals surface area (Å²) < 4.78 is 52.3. The molecule has 0 fully saturated rings. The molecule has 3 aromatic rings. The van der Waals surface area contributed by atoms with E-state index >= 15 is 0 Å². The Balaban J connectivity index is 2.20. The Morgan fingerprint density at radius 1 is 1.12 bits per heavy atom. The van der Waals surface area contributed by atoms with Crippen molar-refractivity contribution in [2.24, 2.45) is 7.05 Å². The maximum Gasteiger partial charge on any atom is 0.433 e. The van der Waals surface area contributed by atoms with Crippen LogP contribution in [0.3, 0.4) is 0 Å². The maximum absolute atomic E-state index is 13.3. The molecule has 0 aliphatic rings. The SMILES string of the molecule is COc1cc2ccc(=O)n(Cc3cnn(C)c3C(F)(F)F)c2cc1OC. The summed E-state index contributed by atoms with van der Waals surface area (Å²) in [5.74, 6) is 0.837. The second-order valence-electron chi connectivity index (χ2n) is 5.66. The molecule has 0 atom stereocenters. The van der Waals surface area contributed by atoms with Crippen LogP contribution in [0.2, 0.25) is 0 Å². The number of fused-ring (bicyclic) bond motifs is 1. The predicted octanol–water partition coefficient (Wildman–Crippen LogP) is 2.82. The van der Waals surface area contributed by atoms with Crippen molar-refractivity contribution in [1.82, 2.24) is 14.3 Å². The van der Waals surface area contributed by atoms with Gasteiger partial charge in [-0.3, -0.25) is 9.48 Å². The van der Waals surface area contributed by atoms with Gasteiger partial charge in [-0.2, -0.15) is 18.3 Å². The highest BCUT2D eigenvalue weighted by Gasteiger charge is 2.37. The van der Waals surface area contributed by atoms with Gasteiger partial charge in [-0.15, -0.1) is 0 Å². The largest absolute Gasteiger partial charge is 0.493 e. The first-order valence-electron chi connectivity index (χ1n) is 7.60. The lowest BCUT2D eigenvalue weighted by Crippen LogP contribution is -2.22. The van der Waals surface area contributed by atoms with Gasteiger partial charge < -0.3 is 14.0 Å². The van der Waals surface area contributed by atoms with Crippen molar-refractivity contribution in [1.29, 1.82) is 0 Å². The van der Waals surface area contributed by atoms with Gasteiger partial charge in [0, 0.05) is 30.1 Å². The molecule has 3 rings (SSSR count). The van der Waals surface area contributed by atoms with E-state index in [0.29, 0.717) is 22.4 Å². The molecule has 0 radical (unpaired) electrons. The van der Waals surface area contributed by atoms with Crippen LogP contribution in [0, 0.1) is 0 Å². The van der Waals surface area contributed by atoms with E-state index in [2.05, 4.69) is 5.10 Å². The van der Waals surface area contributed by atoms with Gasteiger partial charge in [-0.25, -0.2) is 0 Å². The normalized spacial score (nSPS) is 11.8. The average Bonchev–Trinajstić information content (AvgIpc) is 2.97. The number of aryl methyl sites for hydroxylation is 1. The molecule has 0 unspecified atom stereocenters. The van der Waals surface area contributed by atoms with Crippen LogP contribution in [0.1, 0.15) is 11.3 Å². The molecule has 0 aliphatic carbocycles. The number of hydrogen-bond donors (Lipinski definition) is 0. The van der Waals surface area contributed by atoms with Gasteiger partial charge in [0.1, 0.15) is 5.69 Å². The number of aromatic nitrogens is 3. The van der Waals surface area contributed by atoms with E-state index in [1.165, 1.54) is 31.9 Å². The first-order valence-corrected chi connectivity index (χ1v) is 7.60. The maximum atomic E-state index is 13.3. The van der Waals surface area contributed by atoms with Crippen LogP contribution in [0.25, 0.3) is 10.9 Å². The van der Waals surface area contributed by atoms with Gasteiger partial charge in [0.15, 0.2) is 11.5 Å². The van der Waals surface area contributed by atoms with E-state index < -0.39 is 17.4 Å². The summed E-state index contributed by atoms with van der Waals surface area (Å²) in [6.45, 7) is -0.270. The summed E-state index contributed by atoms with van der Waals surface area (Å²) >= 11 is 0. The highest BCUT2D eigenvalue weighted by molar-refractivity contribution is 5.83. The highest BCUT2D eigenvalue weighted by Crippen LogP contribution is 2.34. The smallest absolute Gasteiger partial charge is 0.433 e. The molecule has 2 aromatic heterocycles. The van der Waals surface area contributed by atoms with Gasteiger partial charge in [-0.1, -0.05) is 0 Å². The summed E-state index contributed by atoms with van der Waals surface area (Å²) in [4.78, 5) is 12.3. The summed E-state index contributed by atoms with van der Waals surface area (Å²) in [6.07, 6.45) is -3.45. The Hall–Kier alpha value is -2.97. The van der Waals surface area contributed by atoms with Gasteiger partial charge in [0.2, 0.25) is 0 Å². The van der Waals surface area contributed by atoms with E-state index in [0.717, 1.165) is 10.9 Å². The first-order chi connectivity index (χ1) is 12.3. The summed E-state index contributed by atoms with van der Waals surface area (Å²) in [5, 5.41) is 4.33. The fourth-order valence-corrected chi connectivity index (χ4v) is 2.92. The monoisotopic (exact) mass is 367 g/mol. The topological polar surface area (TPSA) is 58.3 Å². The molecule has 0 bridgehead atoms. The summed E-state index contributed by atoms with van der Waals surface area (Å²) in [5.41, 5.74) is -0.972. The van der Waals surface area contributed by atoms with E-state index in [4.69, 9.17) is 9.47 Å². The van der Waals surface area contributed by atoms with E-state index in [-0.39, 0.29) is 12.1 Å². The van der Waals surface area contributed by atoms with E-state index in [1.807, 2.05) is 0 Å². The molecule has 138 valence electrons. The fraction of sp³-hybridized carbons (Fsp3) is 0.294. The zero-order chi connectivity index (χ0) is 19.1. The minimum atomic E-state index is -4.57. The molecule has 0 aliphatic heterocycles. The Morgan fingerprint density at radius 2 is 1.77 bits per heavy atom. The van der Waals surface area contributed by atoms with Crippen LogP contribution >= 0.6 is 0 Å². The lowest BCUT2D eigenvalue weighted by Gasteiger charge is -2.15. The number of methoxy groups -OCH3 is 2. The first kappa shape index (κ1) is 17.8. The number of alkyl halides is 3. The van der Waals surface area contributed by atoms with Gasteiger partial charge in [-0.05, 0) is 12.1 Å². The Labute approximate surface area is 146 Å². The van der Waals surface area contributed by atoms with Crippen molar-refractivity contribution in [3.8, 4) is 11.5 Å². The van der Waals surface area contributed by atoms with Crippen molar-refractivity contribution in [2.45, 2.75) is 12.7 Å². The molecular weight excluding hydrogens is 351 g/mol. The highest BCUT2D eigenvalue weighted by atomic mass is 19.4. The molecule has 2 heterocycles. The standard InChI is InChI=1S/C17H16F3N3O3/c1-22-16(17(18,19)20)11(8-21-22)9-23-12-7-14(26-3)13(25-2)6-10(12)4-5-15(23)24/h4-8H,9H2,1-3H3. The number of halogens is 3. The lowest BCUT2D eigenvalue weighted by atomic mass is 10.1. The van der Waals surface area contributed by atoms with Crippen molar-refractivity contribution < 1.29 is 22.6 Å². The van der Waals surface area contributed by atoms with Crippen LogP contribution in [0.5, 0.6) is 11.5 Å². The minimum absolute atomic E-state index is 0.0932. The number of benzene rings is 1. The average molecular weight is 367 g/mol. The third kappa shape index (κ3) is 3.00. The van der Waals surface area contributed by atoms with Gasteiger partial charge >= 0.3 is 6.18 Å². The molecule has 1 aromatic carbocycles. The summed E-state index contributed by atoms with van der Waals surface area (Å²) in [7, 11) is 4.13. The third-order valence-corrected chi connectivity index (χ3v) is 4.11. The Kier molecular flexibility index (Phi) is 4.39. The second-order valence-corrected chi connectivity index (χ2v) is 5.66. The molecule has 0 amide bonds.